The number of rotatable bonds is 1. The van der Waals surface area contributed by atoms with Gasteiger partial charge in [-0.05, 0) is 29.7 Å². The Hall–Kier alpha value is -1.37. The Morgan fingerprint density at radius 3 is 2.83 bits per heavy atom. The van der Waals surface area contributed by atoms with Crippen molar-refractivity contribution in [2.75, 3.05) is 0 Å². The summed E-state index contributed by atoms with van der Waals surface area (Å²) >= 11 is 0. The summed E-state index contributed by atoms with van der Waals surface area (Å²) in [5.74, 6) is 0.139. The molecule has 0 saturated carbocycles. The average molecular weight is 158 g/mol. The highest BCUT2D eigenvalue weighted by molar-refractivity contribution is 6.13. The summed E-state index contributed by atoms with van der Waals surface area (Å²) in [5, 5.41) is 0. The molecule has 0 atom stereocenters. The fourth-order valence-corrected chi connectivity index (χ4v) is 1.44. The minimum atomic E-state index is 0.139. The Labute approximate surface area is 71.7 Å². The summed E-state index contributed by atoms with van der Waals surface area (Å²) in [5.41, 5.74) is 3.14. The number of aryl methyl sites for hydroxylation is 1. The van der Waals surface area contributed by atoms with Crippen molar-refractivity contribution < 1.29 is 4.79 Å². The largest absolute Gasteiger partial charge is 0.289 e. The number of hydrogen-bond donors (Lipinski definition) is 0. The maximum absolute atomic E-state index is 11.2. The van der Waals surface area contributed by atoms with Crippen molar-refractivity contribution in [2.24, 2.45) is 0 Å². The Morgan fingerprint density at radius 2 is 2.08 bits per heavy atom. The van der Waals surface area contributed by atoms with Crippen LogP contribution in [0, 0.1) is 0 Å². The highest BCUT2D eigenvalue weighted by Gasteiger charge is 2.12. The third-order valence-corrected chi connectivity index (χ3v) is 2.21. The van der Waals surface area contributed by atoms with Crippen LogP contribution in [-0.2, 0) is 6.42 Å². The normalized spacial score (nSPS) is 13.6. The van der Waals surface area contributed by atoms with Crippen molar-refractivity contribution >= 4 is 11.9 Å². The van der Waals surface area contributed by atoms with Gasteiger partial charge in [-0.15, -0.1) is 0 Å². The Balaban J connectivity index is 2.55. The minimum absolute atomic E-state index is 0.139. The van der Waals surface area contributed by atoms with Crippen LogP contribution < -0.4 is 0 Å². The van der Waals surface area contributed by atoms with E-state index in [1.54, 1.807) is 6.08 Å². The smallest absolute Gasteiger partial charge is 0.186 e. The van der Waals surface area contributed by atoms with Gasteiger partial charge in [0.1, 0.15) is 0 Å². The van der Waals surface area contributed by atoms with Crippen molar-refractivity contribution in [3.05, 3.63) is 41.0 Å². The molecule has 0 radical (unpaired) electrons. The molecule has 60 valence electrons. The molecule has 0 amide bonds. The molecular formula is C11H10O. The molecule has 0 N–H and O–H groups in total. The van der Waals surface area contributed by atoms with E-state index in [2.05, 4.69) is 13.0 Å². The molecule has 1 aliphatic carbocycles. The van der Waals surface area contributed by atoms with Gasteiger partial charge in [-0.1, -0.05) is 25.1 Å². The highest BCUT2D eigenvalue weighted by Crippen LogP contribution is 2.20. The molecule has 12 heavy (non-hydrogen) atoms. The molecule has 1 aromatic rings. The third kappa shape index (κ3) is 0.981. The van der Waals surface area contributed by atoms with Gasteiger partial charge < -0.3 is 0 Å². The predicted octanol–water partition coefficient (Wildman–Crippen LogP) is 2.46. The van der Waals surface area contributed by atoms with Crippen LogP contribution >= 0.6 is 0 Å². The first-order valence-corrected chi connectivity index (χ1v) is 4.16. The Bertz CT molecular complexity index is 361. The molecule has 1 aromatic carbocycles. The van der Waals surface area contributed by atoms with Crippen LogP contribution in [0.4, 0.5) is 0 Å². The van der Waals surface area contributed by atoms with Crippen LogP contribution in [0.15, 0.2) is 24.3 Å². The zero-order chi connectivity index (χ0) is 8.55. The molecule has 0 aromatic heterocycles. The SMILES string of the molecule is CCc1ccc2c(c1)C(=O)C=C2. The monoisotopic (exact) mass is 158 g/mol. The predicted molar refractivity (Wildman–Crippen MR) is 49.2 cm³/mol. The maximum Gasteiger partial charge on any atom is 0.186 e. The van der Waals surface area contributed by atoms with Gasteiger partial charge in [0, 0.05) is 5.56 Å². The van der Waals surface area contributed by atoms with E-state index in [1.165, 1.54) is 5.56 Å². The molecule has 0 spiro atoms. The van der Waals surface area contributed by atoms with Gasteiger partial charge in [-0.25, -0.2) is 0 Å². The van der Waals surface area contributed by atoms with E-state index in [9.17, 15) is 4.79 Å². The summed E-state index contributed by atoms with van der Waals surface area (Å²) in [6, 6.07) is 6.06. The third-order valence-electron chi connectivity index (χ3n) is 2.21. The molecule has 0 saturated heterocycles. The zero-order valence-corrected chi connectivity index (χ0v) is 7.00. The quantitative estimate of drug-likeness (QED) is 0.613. The van der Waals surface area contributed by atoms with Gasteiger partial charge in [-0.3, -0.25) is 4.79 Å². The van der Waals surface area contributed by atoms with Crippen LogP contribution in [0.1, 0.15) is 28.4 Å². The minimum Gasteiger partial charge on any atom is -0.289 e. The standard InChI is InChI=1S/C11H10O/c1-2-8-3-4-9-5-6-11(12)10(9)7-8/h3-7H,2H2,1H3. The average Bonchev–Trinajstić information content (AvgIpc) is 2.47. The number of allylic oxidation sites excluding steroid dienone is 1. The van der Waals surface area contributed by atoms with Gasteiger partial charge in [0.05, 0.1) is 0 Å². The van der Waals surface area contributed by atoms with Crippen molar-refractivity contribution in [3.8, 4) is 0 Å². The number of hydrogen-bond acceptors (Lipinski definition) is 1. The van der Waals surface area contributed by atoms with Crippen molar-refractivity contribution in [1.82, 2.24) is 0 Å². The second kappa shape index (κ2) is 2.59. The Morgan fingerprint density at radius 1 is 1.25 bits per heavy atom. The highest BCUT2D eigenvalue weighted by atomic mass is 16.1. The van der Waals surface area contributed by atoms with E-state index < -0.39 is 0 Å². The molecule has 0 heterocycles. The lowest BCUT2D eigenvalue weighted by Gasteiger charge is -2.00. The first kappa shape index (κ1) is 7.29. The maximum atomic E-state index is 11.2. The van der Waals surface area contributed by atoms with Crippen LogP contribution in [0.25, 0.3) is 6.08 Å². The van der Waals surface area contributed by atoms with E-state index in [0.717, 1.165) is 17.5 Å². The lowest BCUT2D eigenvalue weighted by Crippen LogP contribution is -1.93. The van der Waals surface area contributed by atoms with Gasteiger partial charge in [0.15, 0.2) is 5.78 Å². The molecule has 1 aliphatic rings. The molecule has 1 nitrogen and oxygen atoms in total. The fourth-order valence-electron chi connectivity index (χ4n) is 1.44. The summed E-state index contributed by atoms with van der Waals surface area (Å²) in [6.07, 6.45) is 4.49. The van der Waals surface area contributed by atoms with E-state index in [1.807, 2.05) is 18.2 Å². The first-order valence-electron chi connectivity index (χ1n) is 4.16. The van der Waals surface area contributed by atoms with Gasteiger partial charge in [0.2, 0.25) is 0 Å². The van der Waals surface area contributed by atoms with Gasteiger partial charge >= 0.3 is 0 Å². The van der Waals surface area contributed by atoms with Crippen molar-refractivity contribution in [3.63, 3.8) is 0 Å². The number of ketones is 1. The number of benzene rings is 1. The lowest BCUT2D eigenvalue weighted by molar-refractivity contribution is 0.105. The molecule has 2 rings (SSSR count). The van der Waals surface area contributed by atoms with E-state index in [4.69, 9.17) is 0 Å². The van der Waals surface area contributed by atoms with E-state index in [0.29, 0.717) is 0 Å². The summed E-state index contributed by atoms with van der Waals surface area (Å²) in [6.45, 7) is 2.09. The number of carbonyl (C=O) groups excluding carboxylic acids is 1. The molecule has 0 fully saturated rings. The van der Waals surface area contributed by atoms with Gasteiger partial charge in [0.25, 0.3) is 0 Å². The lowest BCUT2D eigenvalue weighted by atomic mass is 10.0. The first-order chi connectivity index (χ1) is 5.81. The van der Waals surface area contributed by atoms with Crippen LogP contribution in [0.3, 0.4) is 0 Å². The molecule has 0 unspecified atom stereocenters. The van der Waals surface area contributed by atoms with Crippen LogP contribution in [-0.4, -0.2) is 5.78 Å². The second-order valence-corrected chi connectivity index (χ2v) is 2.97. The zero-order valence-electron chi connectivity index (χ0n) is 7.00. The van der Waals surface area contributed by atoms with Crippen molar-refractivity contribution in [1.29, 1.82) is 0 Å². The van der Waals surface area contributed by atoms with Crippen LogP contribution in [0.5, 0.6) is 0 Å². The molecular weight excluding hydrogens is 148 g/mol. The van der Waals surface area contributed by atoms with Gasteiger partial charge in [-0.2, -0.15) is 0 Å². The summed E-state index contributed by atoms with van der Waals surface area (Å²) in [7, 11) is 0. The molecule has 0 aliphatic heterocycles. The number of carbonyl (C=O) groups is 1. The van der Waals surface area contributed by atoms with Crippen molar-refractivity contribution in [2.45, 2.75) is 13.3 Å². The Kier molecular flexibility index (Phi) is 1.58. The molecule has 0 bridgehead atoms. The molecule has 1 heteroatoms. The number of fused-ring (bicyclic) bond motifs is 1. The van der Waals surface area contributed by atoms with E-state index in [-0.39, 0.29) is 5.78 Å². The topological polar surface area (TPSA) is 17.1 Å². The fraction of sp³-hybridized carbons (Fsp3) is 0.182. The van der Waals surface area contributed by atoms with E-state index >= 15 is 0 Å². The van der Waals surface area contributed by atoms with Crippen LogP contribution in [0.2, 0.25) is 0 Å². The summed E-state index contributed by atoms with van der Waals surface area (Å²) < 4.78 is 0. The second-order valence-electron chi connectivity index (χ2n) is 2.97. The summed E-state index contributed by atoms with van der Waals surface area (Å²) in [4.78, 5) is 11.2.